The van der Waals surface area contributed by atoms with E-state index in [1.54, 1.807) is 48.6 Å². The monoisotopic (exact) mass is 1950 g/mol. The minimum absolute atomic E-state index is 0.0641. The van der Waals surface area contributed by atoms with E-state index in [-0.39, 0.29) is 35.1 Å². The Balaban J connectivity index is 0.000000143. The molecule has 3 fully saturated rings. The topological polar surface area (TPSA) is 255 Å². The van der Waals surface area contributed by atoms with Crippen molar-refractivity contribution in [2.24, 2.45) is 17.8 Å². The van der Waals surface area contributed by atoms with Crippen LogP contribution in [0.4, 0.5) is 4.39 Å². The molecule has 15 aromatic rings. The summed E-state index contributed by atoms with van der Waals surface area (Å²) < 4.78 is 25.6. The molecular weight excluding hydrogens is 1800 g/mol. The van der Waals surface area contributed by atoms with Crippen LogP contribution in [0, 0.1) is 79.0 Å². The minimum atomic E-state index is -0.443. The SMILES string of the molecule is CCCCN(Cc1nc2cccnc2n1C1CCCC1)C(=O)c1ccc(C)c(C)c1.CCCCN(Cc1nc2cccnc2n1C1CCCC1)C(=O)c1ccc(C)cc1.CCCN(Cc1nc2cccnc2n1CC1CC1)C(=O)c1cccc(C)c1F.CCCn1c(CN(CC(C)C)C(=O)c2ccc(C)cc2C)nc2cccnc21.CCCn1c(CN(CCC(C)C)C(=O)c2cc(C)ccc2C)nc2cccnc21. The van der Waals surface area contributed by atoms with E-state index in [0.29, 0.717) is 87.8 Å². The quantitative estimate of drug-likeness (QED) is 0.0354. The second kappa shape index (κ2) is 50.6. The van der Waals surface area contributed by atoms with Gasteiger partial charge < -0.3 is 47.3 Å². The Morgan fingerprint density at radius 2 is 0.750 bits per heavy atom. The first-order valence-electron chi connectivity index (χ1n) is 52.7. The molecule has 5 amide bonds. The maximum absolute atomic E-state index is 14.5. The molecule has 25 nitrogen and oxygen atoms in total. The van der Waals surface area contributed by atoms with Gasteiger partial charge in [-0.05, 0) is 281 Å². The van der Waals surface area contributed by atoms with E-state index >= 15 is 0 Å². The molecule has 3 saturated carbocycles. The van der Waals surface area contributed by atoms with Crippen molar-refractivity contribution >= 4 is 85.4 Å². The number of nitrogens with zero attached hydrogens (tertiary/aromatic N) is 20. The van der Waals surface area contributed by atoms with Crippen LogP contribution in [0.5, 0.6) is 0 Å². The van der Waals surface area contributed by atoms with Gasteiger partial charge in [-0.2, -0.15) is 0 Å². The molecule has 0 N–H and O–H groups in total. The number of pyridine rings is 5. The van der Waals surface area contributed by atoms with Gasteiger partial charge in [-0.25, -0.2) is 54.2 Å². The van der Waals surface area contributed by atoms with Gasteiger partial charge in [-0.3, -0.25) is 24.0 Å². The van der Waals surface area contributed by atoms with Crippen LogP contribution in [0.3, 0.4) is 0 Å². The molecule has 3 aliphatic carbocycles. The molecule has 18 rings (SSSR count). The van der Waals surface area contributed by atoms with E-state index in [9.17, 15) is 28.4 Å². The zero-order chi connectivity index (χ0) is 102. The number of fused-ring (bicyclic) bond motifs is 5. The largest absolute Gasteiger partial charge is 0.331 e. The highest BCUT2D eigenvalue weighted by molar-refractivity contribution is 5.98. The fourth-order valence-electron chi connectivity index (χ4n) is 19.5. The fraction of sp³-hybridized carbons (Fsp3) is 0.449. The molecule has 144 heavy (non-hydrogen) atoms. The summed E-state index contributed by atoms with van der Waals surface area (Å²) in [5, 5.41) is 0. The summed E-state index contributed by atoms with van der Waals surface area (Å²) in [7, 11) is 0. The van der Waals surface area contributed by atoms with Gasteiger partial charge in [0.2, 0.25) is 0 Å². The summed E-state index contributed by atoms with van der Waals surface area (Å²) in [5.74, 6) is 5.67. The average Bonchev–Trinajstić information content (AvgIpc) is 1.62. The molecule has 26 heteroatoms. The normalized spacial score (nSPS) is 13.1. The molecule has 758 valence electrons. The van der Waals surface area contributed by atoms with Crippen LogP contribution in [0.1, 0.15) is 315 Å². The van der Waals surface area contributed by atoms with Crippen molar-refractivity contribution in [1.82, 2.24) is 97.2 Å². The fourth-order valence-corrected chi connectivity index (χ4v) is 19.5. The number of halogens is 1. The molecule has 0 aliphatic heterocycles. The van der Waals surface area contributed by atoms with Gasteiger partial charge in [0, 0.05) is 118 Å². The molecule has 0 atom stereocenters. The highest BCUT2D eigenvalue weighted by atomic mass is 19.1. The number of amides is 5. The number of carbonyl (C=O) groups is 5. The Morgan fingerprint density at radius 1 is 0.340 bits per heavy atom. The van der Waals surface area contributed by atoms with Gasteiger partial charge in [0.15, 0.2) is 28.2 Å². The van der Waals surface area contributed by atoms with Crippen molar-refractivity contribution in [2.75, 3.05) is 32.7 Å². The predicted octanol–water partition coefficient (Wildman–Crippen LogP) is 25.1. The first-order chi connectivity index (χ1) is 69.6. The Bertz CT molecular complexity index is 6870. The Morgan fingerprint density at radius 3 is 1.22 bits per heavy atom. The molecule has 0 saturated heterocycles. The van der Waals surface area contributed by atoms with E-state index in [2.05, 4.69) is 129 Å². The smallest absolute Gasteiger partial charge is 0.257 e. The first-order valence-corrected chi connectivity index (χ1v) is 52.7. The summed E-state index contributed by atoms with van der Waals surface area (Å²) in [6, 6.07) is 51.3. The van der Waals surface area contributed by atoms with Crippen LogP contribution in [0.25, 0.3) is 55.8 Å². The van der Waals surface area contributed by atoms with Gasteiger partial charge in [0.05, 0.1) is 38.3 Å². The van der Waals surface area contributed by atoms with Crippen LogP contribution in [0.15, 0.2) is 189 Å². The van der Waals surface area contributed by atoms with Crippen LogP contribution in [0.2, 0.25) is 0 Å². The van der Waals surface area contributed by atoms with E-state index in [1.165, 1.54) is 49.7 Å². The molecule has 5 aromatic carbocycles. The molecule has 3 aliphatic rings. The van der Waals surface area contributed by atoms with Crippen molar-refractivity contribution in [2.45, 2.75) is 298 Å². The Labute approximate surface area is 850 Å². The third-order valence-electron chi connectivity index (χ3n) is 27.6. The number of aromatic nitrogens is 15. The first kappa shape index (κ1) is 106. The summed E-state index contributed by atoms with van der Waals surface area (Å²) in [5.41, 5.74) is 20.5. The van der Waals surface area contributed by atoms with Crippen LogP contribution in [-0.2, 0) is 52.4 Å². The lowest BCUT2D eigenvalue weighted by Gasteiger charge is -2.25. The zero-order valence-corrected chi connectivity index (χ0v) is 88.1. The zero-order valence-electron chi connectivity index (χ0n) is 88.1. The van der Waals surface area contributed by atoms with E-state index in [1.807, 2.05) is 201 Å². The number of imidazole rings is 5. The van der Waals surface area contributed by atoms with Crippen molar-refractivity contribution in [3.05, 3.63) is 296 Å². The van der Waals surface area contributed by atoms with Crippen molar-refractivity contribution in [3.8, 4) is 0 Å². The standard InChI is InChI=1S/C25H32N4O.C24H30N4O.C24H32N4O.C23H30N4O.C22H25FN4O/c1-4-5-15-28(25(30)20-13-12-18(2)19(3)16-20)17-23-27-22-11-8-14-26-24(22)29(23)21-9-6-7-10-21;1-3-4-16-27(24(29)19-13-11-18(2)12-14-19)17-22-26-21-10-7-15-25-23(21)28(22)20-8-5-6-9-20;1-6-13-28-22(26-21-8-7-12-25-23(21)28)16-27(14-11-17(2)3)24(29)20-15-18(4)9-10-19(20)5;1-6-12-27-21(25-20-8-7-11-24-22(20)27)15-26(14-16(2)3)23(28)19-10-9-17(4)13-18(19)5;1-3-12-26(22(28)17-7-4-6-15(2)20(17)23)14-19-25-18-8-5-11-24-21(18)27(19)13-16-9-10-16/h8,11-14,16,21H,4-7,9-10,15,17H2,1-3H3;7,10-15,20H,3-6,8-9,16-17H2,1-2H3;7-10,12,15,17H,6,11,13-14,16H2,1-5H3;7-11,13,16H,6,12,14-15H2,1-5H3;4-8,11,16H,3,9-10,12-14H2,1-2H3. The summed E-state index contributed by atoms with van der Waals surface area (Å²) in [6.45, 7) is 43.6. The number of aryl methyl sites for hydroxylation is 10. The predicted molar refractivity (Wildman–Crippen MR) is 574 cm³/mol. The second-order valence-electron chi connectivity index (χ2n) is 40.5. The number of rotatable bonds is 36. The average molecular weight is 1950 g/mol. The van der Waals surface area contributed by atoms with Gasteiger partial charge >= 0.3 is 0 Å². The highest BCUT2D eigenvalue weighted by Crippen LogP contribution is 2.38. The molecule has 0 bridgehead atoms. The number of carbonyl (C=O) groups excluding carboxylic acids is 5. The number of unbranched alkanes of at least 4 members (excludes halogenated alkanes) is 2. The third kappa shape index (κ3) is 26.7. The molecule has 0 spiro atoms. The lowest BCUT2D eigenvalue weighted by Crippen LogP contribution is -2.35. The lowest BCUT2D eigenvalue weighted by molar-refractivity contribution is 0.0711. The molecule has 10 heterocycles. The molecular formula is C118H149FN20O5. The maximum Gasteiger partial charge on any atom is 0.257 e. The number of benzene rings is 5. The van der Waals surface area contributed by atoms with E-state index < -0.39 is 5.82 Å². The molecule has 0 radical (unpaired) electrons. The maximum atomic E-state index is 14.5. The summed E-state index contributed by atoms with van der Waals surface area (Å²) >= 11 is 0. The van der Waals surface area contributed by atoms with Gasteiger partial charge in [0.1, 0.15) is 62.5 Å². The second-order valence-corrected chi connectivity index (χ2v) is 40.5. The van der Waals surface area contributed by atoms with Crippen molar-refractivity contribution in [1.29, 1.82) is 0 Å². The van der Waals surface area contributed by atoms with E-state index in [4.69, 9.17) is 24.9 Å². The summed E-state index contributed by atoms with van der Waals surface area (Å²) in [6.07, 6.45) is 28.9. The van der Waals surface area contributed by atoms with Gasteiger partial charge in [0.25, 0.3) is 29.5 Å². The summed E-state index contributed by atoms with van der Waals surface area (Å²) in [4.78, 5) is 123. The van der Waals surface area contributed by atoms with Crippen LogP contribution < -0.4 is 0 Å². The lowest BCUT2D eigenvalue weighted by atomic mass is 10.0. The van der Waals surface area contributed by atoms with Gasteiger partial charge in [-0.1, -0.05) is 172 Å². The Hall–Kier alpha value is -13.5. The number of hydrogen-bond acceptors (Lipinski definition) is 15. The minimum Gasteiger partial charge on any atom is -0.331 e. The van der Waals surface area contributed by atoms with Crippen LogP contribution >= 0.6 is 0 Å². The van der Waals surface area contributed by atoms with Crippen molar-refractivity contribution < 1.29 is 28.4 Å². The van der Waals surface area contributed by atoms with Crippen molar-refractivity contribution in [3.63, 3.8) is 0 Å². The Kier molecular flexibility index (Phi) is 37.4. The number of hydrogen-bond donors (Lipinski definition) is 0. The van der Waals surface area contributed by atoms with Crippen LogP contribution in [-0.4, -0.2) is 159 Å². The molecule has 0 unspecified atom stereocenters. The third-order valence-corrected chi connectivity index (χ3v) is 27.6. The molecule has 10 aromatic heterocycles. The van der Waals surface area contributed by atoms with Gasteiger partial charge in [-0.15, -0.1) is 0 Å². The van der Waals surface area contributed by atoms with E-state index in [0.717, 1.165) is 245 Å². The highest BCUT2D eigenvalue weighted by Gasteiger charge is 2.33.